The molecule has 6 nitrogen and oxygen atoms in total. The lowest BCUT2D eigenvalue weighted by atomic mass is 10.0. The molecule has 0 saturated heterocycles. The predicted molar refractivity (Wildman–Crippen MR) is 127 cm³/mol. The second-order valence-corrected chi connectivity index (χ2v) is 7.59. The first-order valence-electron chi connectivity index (χ1n) is 10.7. The minimum atomic E-state index is -1.03. The number of aromatic carboxylic acids is 1. The van der Waals surface area contributed by atoms with Crippen LogP contribution in [0, 0.1) is 6.92 Å². The second kappa shape index (κ2) is 9.61. The maximum absolute atomic E-state index is 11.9. The average molecular weight is 443 g/mol. The number of rotatable bonds is 8. The van der Waals surface area contributed by atoms with Gasteiger partial charge in [-0.25, -0.2) is 9.78 Å². The number of carbonyl (C=O) groups is 1. The zero-order chi connectivity index (χ0) is 23.4. The number of aryl methyl sites for hydroxylation is 1. The average Bonchev–Trinajstić information content (AvgIpc) is 2.83. The molecule has 6 heteroatoms. The molecule has 0 fully saturated rings. The van der Waals surface area contributed by atoms with Crippen LogP contribution >= 0.6 is 0 Å². The molecular formula is C27H25NO5. The van der Waals surface area contributed by atoms with Crippen LogP contribution in [0.1, 0.15) is 28.4 Å². The highest BCUT2D eigenvalue weighted by atomic mass is 16.5. The Morgan fingerprint density at radius 2 is 1.73 bits per heavy atom. The summed E-state index contributed by atoms with van der Waals surface area (Å²) in [7, 11) is 1.54. The topological polar surface area (TPSA) is 77.9 Å². The largest absolute Gasteiger partial charge is 0.494 e. The third-order valence-corrected chi connectivity index (χ3v) is 5.31. The molecule has 1 heterocycles. The predicted octanol–water partition coefficient (Wildman–Crippen LogP) is 5.89. The van der Waals surface area contributed by atoms with E-state index in [1.165, 1.54) is 12.7 Å². The summed E-state index contributed by atoms with van der Waals surface area (Å²) in [6.07, 6.45) is 0. The van der Waals surface area contributed by atoms with Crippen molar-refractivity contribution in [2.75, 3.05) is 13.7 Å². The van der Waals surface area contributed by atoms with Gasteiger partial charge in [0.15, 0.2) is 11.5 Å². The lowest BCUT2D eigenvalue weighted by Gasteiger charge is -2.15. The Bertz CT molecular complexity index is 1300. The molecule has 168 valence electrons. The van der Waals surface area contributed by atoms with Gasteiger partial charge in [-0.15, -0.1) is 0 Å². The number of carboxylic acids is 1. The summed E-state index contributed by atoms with van der Waals surface area (Å²) in [6.45, 7) is 4.82. The number of ether oxygens (including phenoxy) is 3. The Hall–Kier alpha value is -4.06. The lowest BCUT2D eigenvalue weighted by Crippen LogP contribution is -2.02. The van der Waals surface area contributed by atoms with Crippen molar-refractivity contribution in [1.82, 2.24) is 4.98 Å². The van der Waals surface area contributed by atoms with Crippen LogP contribution in [0.3, 0.4) is 0 Å². The summed E-state index contributed by atoms with van der Waals surface area (Å²) < 4.78 is 17.3. The van der Waals surface area contributed by atoms with E-state index in [0.717, 1.165) is 11.1 Å². The van der Waals surface area contributed by atoms with Crippen LogP contribution in [-0.4, -0.2) is 29.8 Å². The SMILES string of the molecule is CCOc1cc(-c2cc(C(=O)O)c3cccc(OC)c3n2)ccc1OCc1ccc(C)cc1. The zero-order valence-corrected chi connectivity index (χ0v) is 18.8. The first-order valence-corrected chi connectivity index (χ1v) is 10.7. The molecule has 1 N–H and O–H groups in total. The fraction of sp³-hybridized carbons (Fsp3) is 0.185. The molecule has 0 amide bonds. The molecule has 1 aromatic heterocycles. The Labute approximate surface area is 192 Å². The van der Waals surface area contributed by atoms with E-state index in [1.807, 2.05) is 56.3 Å². The van der Waals surface area contributed by atoms with Gasteiger partial charge in [0.2, 0.25) is 0 Å². The fourth-order valence-corrected chi connectivity index (χ4v) is 3.61. The van der Waals surface area contributed by atoms with Gasteiger partial charge in [-0.2, -0.15) is 0 Å². The number of carboxylic acid groups (broad SMARTS) is 1. The standard InChI is InChI=1S/C27H25NO5/c1-4-32-25-14-19(12-13-23(25)33-16-18-10-8-17(2)9-11-18)22-15-21(27(29)30)20-6-5-7-24(31-3)26(20)28-22/h5-15H,4,16H2,1-3H3,(H,29,30). The van der Waals surface area contributed by atoms with Crippen LogP contribution in [0.15, 0.2) is 66.7 Å². The molecule has 0 bridgehead atoms. The van der Waals surface area contributed by atoms with Gasteiger partial charge in [0.1, 0.15) is 17.9 Å². The number of nitrogens with zero attached hydrogens (tertiary/aromatic N) is 1. The Morgan fingerprint density at radius 3 is 2.42 bits per heavy atom. The molecule has 3 aromatic carbocycles. The van der Waals surface area contributed by atoms with Gasteiger partial charge in [0.05, 0.1) is 25.0 Å². The van der Waals surface area contributed by atoms with Crippen LogP contribution in [0.5, 0.6) is 17.2 Å². The third kappa shape index (κ3) is 4.75. The number of pyridine rings is 1. The summed E-state index contributed by atoms with van der Waals surface area (Å²) in [5.74, 6) is 0.666. The van der Waals surface area contributed by atoms with E-state index < -0.39 is 5.97 Å². The van der Waals surface area contributed by atoms with E-state index in [9.17, 15) is 9.90 Å². The quantitative estimate of drug-likeness (QED) is 0.366. The van der Waals surface area contributed by atoms with Crippen LogP contribution in [-0.2, 0) is 6.61 Å². The summed E-state index contributed by atoms with van der Waals surface area (Å²) in [4.78, 5) is 16.7. The number of aromatic nitrogens is 1. The molecule has 33 heavy (non-hydrogen) atoms. The highest BCUT2D eigenvalue weighted by Gasteiger charge is 2.17. The van der Waals surface area contributed by atoms with Crippen molar-refractivity contribution < 1.29 is 24.1 Å². The van der Waals surface area contributed by atoms with Gasteiger partial charge in [-0.1, -0.05) is 42.0 Å². The van der Waals surface area contributed by atoms with E-state index in [1.54, 1.807) is 24.3 Å². The molecule has 0 aliphatic rings. The molecule has 4 aromatic rings. The van der Waals surface area contributed by atoms with Crippen LogP contribution < -0.4 is 14.2 Å². The number of benzene rings is 3. The molecule has 0 aliphatic heterocycles. The molecule has 0 atom stereocenters. The Morgan fingerprint density at radius 1 is 0.939 bits per heavy atom. The van der Waals surface area contributed by atoms with E-state index in [-0.39, 0.29) is 5.56 Å². The number of hydrogen-bond acceptors (Lipinski definition) is 5. The van der Waals surface area contributed by atoms with Gasteiger partial charge in [-0.05, 0) is 49.7 Å². The molecule has 0 aliphatic carbocycles. The molecule has 0 spiro atoms. The van der Waals surface area contributed by atoms with Crippen molar-refractivity contribution in [3.8, 4) is 28.5 Å². The van der Waals surface area contributed by atoms with Crippen molar-refractivity contribution in [2.24, 2.45) is 0 Å². The highest BCUT2D eigenvalue weighted by molar-refractivity contribution is 6.05. The van der Waals surface area contributed by atoms with Gasteiger partial charge >= 0.3 is 5.97 Å². The Balaban J connectivity index is 1.73. The van der Waals surface area contributed by atoms with Crippen LogP contribution in [0.25, 0.3) is 22.2 Å². The fourth-order valence-electron chi connectivity index (χ4n) is 3.61. The summed E-state index contributed by atoms with van der Waals surface area (Å²) in [5.41, 5.74) is 4.13. The summed E-state index contributed by atoms with van der Waals surface area (Å²) in [5, 5.41) is 10.3. The number of para-hydroxylation sites is 1. The van der Waals surface area contributed by atoms with Gasteiger partial charge in [0.25, 0.3) is 0 Å². The Kier molecular flexibility index (Phi) is 6.45. The van der Waals surface area contributed by atoms with Crippen molar-refractivity contribution in [2.45, 2.75) is 20.5 Å². The maximum Gasteiger partial charge on any atom is 0.336 e. The van der Waals surface area contributed by atoms with Gasteiger partial charge < -0.3 is 19.3 Å². The highest BCUT2D eigenvalue weighted by Crippen LogP contribution is 2.35. The normalized spacial score (nSPS) is 10.8. The molecule has 0 radical (unpaired) electrons. The molecule has 4 rings (SSSR count). The monoisotopic (exact) mass is 443 g/mol. The molecular weight excluding hydrogens is 418 g/mol. The molecule has 0 unspecified atom stereocenters. The minimum absolute atomic E-state index is 0.159. The van der Waals surface area contributed by atoms with Crippen molar-refractivity contribution in [3.63, 3.8) is 0 Å². The van der Waals surface area contributed by atoms with Crippen LogP contribution in [0.4, 0.5) is 0 Å². The summed E-state index contributed by atoms with van der Waals surface area (Å²) in [6, 6.07) is 20.5. The second-order valence-electron chi connectivity index (χ2n) is 7.59. The van der Waals surface area contributed by atoms with E-state index in [0.29, 0.717) is 47.1 Å². The first-order chi connectivity index (χ1) is 16.0. The summed E-state index contributed by atoms with van der Waals surface area (Å²) >= 11 is 0. The first kappa shape index (κ1) is 22.1. The van der Waals surface area contributed by atoms with Crippen molar-refractivity contribution >= 4 is 16.9 Å². The maximum atomic E-state index is 11.9. The number of fused-ring (bicyclic) bond motifs is 1. The minimum Gasteiger partial charge on any atom is -0.494 e. The van der Waals surface area contributed by atoms with Crippen molar-refractivity contribution in [3.05, 3.63) is 83.4 Å². The number of hydrogen-bond donors (Lipinski definition) is 1. The smallest absolute Gasteiger partial charge is 0.336 e. The van der Waals surface area contributed by atoms with E-state index in [4.69, 9.17) is 19.2 Å². The lowest BCUT2D eigenvalue weighted by molar-refractivity contribution is 0.0699. The van der Waals surface area contributed by atoms with E-state index >= 15 is 0 Å². The van der Waals surface area contributed by atoms with Gasteiger partial charge in [0, 0.05) is 10.9 Å². The van der Waals surface area contributed by atoms with Gasteiger partial charge in [-0.3, -0.25) is 0 Å². The van der Waals surface area contributed by atoms with Crippen LogP contribution in [0.2, 0.25) is 0 Å². The molecule has 0 saturated carbocycles. The van der Waals surface area contributed by atoms with Crippen molar-refractivity contribution in [1.29, 1.82) is 0 Å². The number of methoxy groups -OCH3 is 1. The third-order valence-electron chi connectivity index (χ3n) is 5.31. The zero-order valence-electron chi connectivity index (χ0n) is 18.8. The van der Waals surface area contributed by atoms with E-state index in [2.05, 4.69) is 0 Å².